The molecule has 0 aromatic carbocycles. The smallest absolute Gasteiger partial charge is 0.0677 e. The summed E-state index contributed by atoms with van der Waals surface area (Å²) < 4.78 is 0. The first-order chi connectivity index (χ1) is 14.3. The fourth-order valence-electron chi connectivity index (χ4n) is 6.92. The Balaban J connectivity index is 1.76. The number of allylic oxidation sites excluding steroid dienone is 4. The summed E-state index contributed by atoms with van der Waals surface area (Å²) >= 11 is 0. The van der Waals surface area contributed by atoms with Crippen molar-refractivity contribution in [1.82, 2.24) is 0 Å². The second-order valence-electron chi connectivity index (χ2n) is 11.7. The summed E-state index contributed by atoms with van der Waals surface area (Å²) in [4.78, 5) is 0. The molecule has 176 valence electrons. The van der Waals surface area contributed by atoms with Crippen molar-refractivity contribution in [2.45, 2.75) is 115 Å². The van der Waals surface area contributed by atoms with Crippen LogP contribution in [0.5, 0.6) is 0 Å². The van der Waals surface area contributed by atoms with Crippen LogP contribution < -0.4 is 0 Å². The fraction of sp³-hybridized carbons (Fsp3) is 0.778. The SMILES string of the molecule is C=C1CC[C@H](O)C/C1=C/C=C1CCC[C@@]2(C)C1CC[C@@H]2[C@@](C)(O)CC(O)CC(C)(C)O. The Bertz CT molecular complexity index is 726. The Kier molecular flexibility index (Phi) is 7.27. The quantitative estimate of drug-likeness (QED) is 0.485. The molecule has 3 fully saturated rings. The minimum absolute atomic E-state index is 0.0175. The highest BCUT2D eigenvalue weighted by atomic mass is 16.3. The van der Waals surface area contributed by atoms with Crippen molar-refractivity contribution in [2.75, 3.05) is 0 Å². The average molecular weight is 433 g/mol. The predicted octanol–water partition coefficient (Wildman–Crippen LogP) is 4.82. The van der Waals surface area contributed by atoms with E-state index in [2.05, 4.69) is 25.7 Å². The van der Waals surface area contributed by atoms with E-state index in [4.69, 9.17) is 0 Å². The molecule has 0 amide bonds. The molecule has 0 radical (unpaired) electrons. The first kappa shape index (κ1) is 24.7. The second-order valence-corrected chi connectivity index (χ2v) is 11.7. The molecule has 3 aliphatic carbocycles. The van der Waals surface area contributed by atoms with E-state index in [1.165, 1.54) is 11.1 Å². The van der Waals surface area contributed by atoms with Crippen molar-refractivity contribution >= 4 is 0 Å². The summed E-state index contributed by atoms with van der Waals surface area (Å²) in [6, 6.07) is 0. The summed E-state index contributed by atoms with van der Waals surface area (Å²) in [6.45, 7) is 11.8. The number of hydrogen-bond acceptors (Lipinski definition) is 4. The van der Waals surface area contributed by atoms with E-state index < -0.39 is 17.3 Å². The number of hydrogen-bond donors (Lipinski definition) is 4. The molecule has 0 saturated heterocycles. The van der Waals surface area contributed by atoms with Crippen LogP contribution in [0.3, 0.4) is 0 Å². The first-order valence-corrected chi connectivity index (χ1v) is 12.2. The van der Waals surface area contributed by atoms with Crippen LogP contribution in [0.2, 0.25) is 0 Å². The van der Waals surface area contributed by atoms with Crippen molar-refractivity contribution in [3.05, 3.63) is 35.5 Å². The van der Waals surface area contributed by atoms with E-state index in [0.29, 0.717) is 18.8 Å². The molecule has 3 rings (SSSR count). The molecule has 4 nitrogen and oxygen atoms in total. The summed E-state index contributed by atoms with van der Waals surface area (Å²) in [7, 11) is 0. The van der Waals surface area contributed by atoms with Crippen LogP contribution in [0.1, 0.15) is 91.9 Å². The highest BCUT2D eigenvalue weighted by Crippen LogP contribution is 2.60. The van der Waals surface area contributed by atoms with Crippen molar-refractivity contribution in [2.24, 2.45) is 17.3 Å². The highest BCUT2D eigenvalue weighted by Gasteiger charge is 2.55. The molecule has 3 saturated carbocycles. The summed E-state index contributed by atoms with van der Waals surface area (Å²) in [5, 5.41) is 42.1. The first-order valence-electron chi connectivity index (χ1n) is 12.2. The van der Waals surface area contributed by atoms with E-state index in [9.17, 15) is 20.4 Å². The molecule has 0 heterocycles. The third kappa shape index (κ3) is 5.71. The molecule has 4 N–H and O–H groups in total. The molecule has 2 unspecified atom stereocenters. The zero-order valence-corrected chi connectivity index (χ0v) is 20.0. The summed E-state index contributed by atoms with van der Waals surface area (Å²) in [5.41, 5.74) is 1.90. The molecule has 31 heavy (non-hydrogen) atoms. The van der Waals surface area contributed by atoms with Crippen LogP contribution in [0.4, 0.5) is 0 Å². The van der Waals surface area contributed by atoms with Crippen molar-refractivity contribution in [3.63, 3.8) is 0 Å². The fourth-order valence-corrected chi connectivity index (χ4v) is 6.92. The Morgan fingerprint density at radius 3 is 2.48 bits per heavy atom. The Morgan fingerprint density at radius 1 is 1.10 bits per heavy atom. The molecule has 0 spiro atoms. The Morgan fingerprint density at radius 2 is 1.81 bits per heavy atom. The highest BCUT2D eigenvalue weighted by molar-refractivity contribution is 5.36. The van der Waals surface area contributed by atoms with Gasteiger partial charge in [-0.3, -0.25) is 0 Å². The lowest BCUT2D eigenvalue weighted by atomic mass is 9.59. The largest absolute Gasteiger partial charge is 0.393 e. The molecule has 0 aromatic rings. The van der Waals surface area contributed by atoms with Gasteiger partial charge in [0.15, 0.2) is 0 Å². The molecular weight excluding hydrogens is 388 g/mol. The van der Waals surface area contributed by atoms with Gasteiger partial charge in [-0.15, -0.1) is 0 Å². The summed E-state index contributed by atoms with van der Waals surface area (Å²) in [5.74, 6) is 0.576. The maximum absolute atomic E-state index is 11.5. The van der Waals surface area contributed by atoms with Gasteiger partial charge in [0.05, 0.1) is 23.4 Å². The Hall–Kier alpha value is -0.940. The minimum Gasteiger partial charge on any atom is -0.393 e. The standard InChI is InChI=1S/C27H44O4/c1-18-8-11-21(28)15-20(18)10-9-19-7-6-14-26(4)23(19)12-13-24(26)27(5,31)17-22(29)16-25(2,3)30/h9-10,21-24,28-31H,1,6-8,11-17H2,2-5H3/b19-9?,20-10-/t21-,22?,23?,24-,26-,27-/m0/s1. The van der Waals surface area contributed by atoms with Gasteiger partial charge in [0.2, 0.25) is 0 Å². The van der Waals surface area contributed by atoms with Gasteiger partial charge in [0, 0.05) is 12.8 Å². The van der Waals surface area contributed by atoms with Crippen LogP contribution in [0, 0.1) is 17.3 Å². The molecule has 3 aliphatic rings. The van der Waals surface area contributed by atoms with Crippen molar-refractivity contribution < 1.29 is 20.4 Å². The van der Waals surface area contributed by atoms with Crippen LogP contribution in [0.25, 0.3) is 0 Å². The van der Waals surface area contributed by atoms with E-state index >= 15 is 0 Å². The van der Waals surface area contributed by atoms with Gasteiger partial charge >= 0.3 is 0 Å². The van der Waals surface area contributed by atoms with Crippen LogP contribution in [0.15, 0.2) is 35.5 Å². The zero-order valence-electron chi connectivity index (χ0n) is 20.0. The van der Waals surface area contributed by atoms with Gasteiger partial charge in [0.1, 0.15) is 0 Å². The topological polar surface area (TPSA) is 80.9 Å². The van der Waals surface area contributed by atoms with Crippen molar-refractivity contribution in [3.8, 4) is 0 Å². The second kappa shape index (κ2) is 9.13. The average Bonchev–Trinajstić information content (AvgIpc) is 2.98. The van der Waals surface area contributed by atoms with Gasteiger partial charge in [-0.2, -0.15) is 0 Å². The molecular formula is C27H44O4. The van der Waals surface area contributed by atoms with Crippen LogP contribution >= 0.6 is 0 Å². The number of aliphatic hydroxyl groups is 4. The van der Waals surface area contributed by atoms with Crippen LogP contribution in [-0.2, 0) is 0 Å². The molecule has 4 heteroatoms. The minimum atomic E-state index is -0.961. The predicted molar refractivity (Wildman–Crippen MR) is 125 cm³/mol. The van der Waals surface area contributed by atoms with E-state index in [0.717, 1.165) is 50.5 Å². The zero-order chi connectivity index (χ0) is 23.0. The van der Waals surface area contributed by atoms with E-state index in [1.54, 1.807) is 13.8 Å². The normalized spacial score (nSPS) is 37.7. The van der Waals surface area contributed by atoms with Gasteiger partial charge in [-0.1, -0.05) is 36.8 Å². The number of rotatable bonds is 6. The van der Waals surface area contributed by atoms with Gasteiger partial charge in [0.25, 0.3) is 0 Å². The van der Waals surface area contributed by atoms with Crippen LogP contribution in [-0.4, -0.2) is 43.8 Å². The summed E-state index contributed by atoms with van der Waals surface area (Å²) in [6.07, 6.45) is 11.8. The monoisotopic (exact) mass is 432 g/mol. The van der Waals surface area contributed by atoms with Crippen molar-refractivity contribution in [1.29, 1.82) is 0 Å². The number of fused-ring (bicyclic) bond motifs is 1. The van der Waals surface area contributed by atoms with E-state index in [1.807, 2.05) is 6.92 Å². The molecule has 6 atom stereocenters. The maximum Gasteiger partial charge on any atom is 0.0677 e. The third-order valence-electron chi connectivity index (χ3n) is 8.29. The van der Waals surface area contributed by atoms with Gasteiger partial charge < -0.3 is 20.4 Å². The lowest BCUT2D eigenvalue weighted by Crippen LogP contribution is -2.47. The molecule has 0 aliphatic heterocycles. The lowest BCUT2D eigenvalue weighted by Gasteiger charge is -2.47. The van der Waals surface area contributed by atoms with Gasteiger partial charge in [-0.25, -0.2) is 0 Å². The maximum atomic E-state index is 11.5. The third-order valence-corrected chi connectivity index (χ3v) is 8.29. The molecule has 0 bridgehead atoms. The Labute approximate surface area is 188 Å². The lowest BCUT2D eigenvalue weighted by molar-refractivity contribution is -0.0940. The van der Waals surface area contributed by atoms with E-state index in [-0.39, 0.29) is 23.9 Å². The number of aliphatic hydroxyl groups excluding tert-OH is 2. The molecule has 0 aromatic heterocycles. The van der Waals surface area contributed by atoms with Gasteiger partial charge in [-0.05, 0) is 95.0 Å².